The van der Waals surface area contributed by atoms with Crippen molar-refractivity contribution in [1.82, 2.24) is 20.6 Å². The number of halogens is 2. The molecule has 2 heterocycles. The molecule has 2 aromatic heterocycles. The summed E-state index contributed by atoms with van der Waals surface area (Å²) < 4.78 is 19.4. The van der Waals surface area contributed by atoms with E-state index in [0.717, 1.165) is 16.5 Å². The van der Waals surface area contributed by atoms with Crippen LogP contribution in [0.2, 0.25) is 5.02 Å². The Labute approximate surface area is 152 Å². The summed E-state index contributed by atoms with van der Waals surface area (Å²) >= 11 is 10.4. The molecule has 0 saturated heterocycles. The molecular formula is C17H12ClFN4OS. The first-order chi connectivity index (χ1) is 12.1. The lowest BCUT2D eigenvalue weighted by atomic mass is 10.0. The number of nitrogens with one attached hydrogen (secondary N) is 1. The Bertz CT molecular complexity index is 1050. The van der Waals surface area contributed by atoms with Gasteiger partial charge in [0.2, 0.25) is 5.82 Å². The van der Waals surface area contributed by atoms with Crippen LogP contribution < -0.4 is 0 Å². The fourth-order valence-electron chi connectivity index (χ4n) is 2.65. The highest BCUT2D eigenvalue weighted by Gasteiger charge is 2.13. The Morgan fingerprint density at radius 1 is 1.16 bits per heavy atom. The van der Waals surface area contributed by atoms with E-state index < -0.39 is 0 Å². The molecule has 0 fully saturated rings. The van der Waals surface area contributed by atoms with E-state index in [2.05, 4.69) is 33.3 Å². The number of aromatic nitrogens is 4. The monoisotopic (exact) mass is 374 g/mol. The highest BCUT2D eigenvalue weighted by molar-refractivity contribution is 7.80. The normalized spacial score (nSPS) is 11.3. The minimum Gasteiger partial charge on any atom is -0.453 e. The van der Waals surface area contributed by atoms with Crippen molar-refractivity contribution in [3.8, 4) is 11.6 Å². The Hall–Kier alpha value is -2.38. The van der Waals surface area contributed by atoms with Crippen molar-refractivity contribution in [2.75, 3.05) is 0 Å². The zero-order valence-corrected chi connectivity index (χ0v) is 14.5. The van der Waals surface area contributed by atoms with Crippen molar-refractivity contribution in [3.05, 3.63) is 58.4 Å². The summed E-state index contributed by atoms with van der Waals surface area (Å²) in [7, 11) is 0. The minimum absolute atomic E-state index is 0.321. The van der Waals surface area contributed by atoms with E-state index in [-0.39, 0.29) is 5.82 Å². The molecule has 0 atom stereocenters. The number of fused-ring (bicyclic) bond motifs is 1. The van der Waals surface area contributed by atoms with E-state index in [1.165, 1.54) is 6.07 Å². The Kier molecular flexibility index (Phi) is 4.19. The van der Waals surface area contributed by atoms with Gasteiger partial charge in [-0.25, -0.2) is 4.39 Å². The molecule has 126 valence electrons. The second-order valence-corrected chi connectivity index (χ2v) is 6.50. The molecule has 8 heteroatoms. The fourth-order valence-corrected chi connectivity index (χ4v) is 3.06. The van der Waals surface area contributed by atoms with Crippen molar-refractivity contribution < 1.29 is 8.81 Å². The summed E-state index contributed by atoms with van der Waals surface area (Å²) in [6, 6.07) is 10.6. The average Bonchev–Trinajstić information content (AvgIpc) is 3.24. The summed E-state index contributed by atoms with van der Waals surface area (Å²) in [4.78, 5) is 0.341. The Morgan fingerprint density at radius 2 is 2.04 bits per heavy atom. The quantitative estimate of drug-likeness (QED) is 0.517. The molecular weight excluding hydrogens is 363 g/mol. The van der Waals surface area contributed by atoms with Crippen molar-refractivity contribution in [2.45, 2.75) is 17.7 Å². The maximum atomic E-state index is 13.6. The standard InChI is InChI=1S/C17H12ClFN4OS/c18-12-6-11-8-15(17-20-22-23-21-17)24-14(11)7-10(12)3-1-9-2-4-16(25)13(19)5-9/h2,4-8,25H,1,3H2,(H,20,21,22,23). The number of H-pyrrole nitrogens is 1. The smallest absolute Gasteiger partial charge is 0.239 e. The van der Waals surface area contributed by atoms with E-state index in [9.17, 15) is 4.39 Å². The summed E-state index contributed by atoms with van der Waals surface area (Å²) in [5.74, 6) is 0.581. The first kappa shape index (κ1) is 16.1. The molecule has 0 aliphatic carbocycles. The molecule has 4 rings (SSSR count). The topological polar surface area (TPSA) is 67.6 Å². The Balaban J connectivity index is 1.60. The van der Waals surface area contributed by atoms with Gasteiger partial charge in [0.15, 0.2) is 5.76 Å². The minimum atomic E-state index is -0.321. The van der Waals surface area contributed by atoms with Crippen LogP contribution in [0.3, 0.4) is 0 Å². The van der Waals surface area contributed by atoms with Gasteiger partial charge in [0.05, 0.1) is 0 Å². The second-order valence-electron chi connectivity index (χ2n) is 5.61. The number of nitrogens with zero attached hydrogens (tertiary/aromatic N) is 3. The van der Waals surface area contributed by atoms with Crippen molar-refractivity contribution in [3.63, 3.8) is 0 Å². The number of aromatic amines is 1. The van der Waals surface area contributed by atoms with Crippen molar-refractivity contribution in [1.29, 1.82) is 0 Å². The van der Waals surface area contributed by atoms with Crippen LogP contribution in [0, 0.1) is 5.82 Å². The van der Waals surface area contributed by atoms with Gasteiger partial charge in [0, 0.05) is 15.3 Å². The van der Waals surface area contributed by atoms with Crippen molar-refractivity contribution in [2.24, 2.45) is 0 Å². The van der Waals surface area contributed by atoms with Crippen LogP contribution in [-0.4, -0.2) is 20.6 Å². The van der Waals surface area contributed by atoms with Gasteiger partial charge in [-0.1, -0.05) is 17.7 Å². The molecule has 0 radical (unpaired) electrons. The van der Waals surface area contributed by atoms with Crippen LogP contribution in [0.5, 0.6) is 0 Å². The molecule has 2 aromatic carbocycles. The van der Waals surface area contributed by atoms with E-state index in [4.69, 9.17) is 16.0 Å². The van der Waals surface area contributed by atoms with Crippen LogP contribution in [0.15, 0.2) is 45.7 Å². The highest BCUT2D eigenvalue weighted by Crippen LogP contribution is 2.30. The van der Waals surface area contributed by atoms with Gasteiger partial charge in [-0.3, -0.25) is 0 Å². The van der Waals surface area contributed by atoms with Gasteiger partial charge in [-0.2, -0.15) is 5.21 Å². The van der Waals surface area contributed by atoms with E-state index >= 15 is 0 Å². The number of benzene rings is 2. The molecule has 25 heavy (non-hydrogen) atoms. The van der Waals surface area contributed by atoms with Crippen LogP contribution in [0.4, 0.5) is 4.39 Å². The number of tetrazole rings is 1. The van der Waals surface area contributed by atoms with Gasteiger partial charge in [0.25, 0.3) is 0 Å². The molecule has 0 bridgehead atoms. The summed E-state index contributed by atoms with van der Waals surface area (Å²) in [6.07, 6.45) is 1.33. The second kappa shape index (κ2) is 6.50. The van der Waals surface area contributed by atoms with E-state index in [0.29, 0.717) is 39.9 Å². The maximum Gasteiger partial charge on any atom is 0.239 e. The predicted octanol–water partition coefficient (Wildman–Crippen LogP) is 4.48. The van der Waals surface area contributed by atoms with Gasteiger partial charge >= 0.3 is 0 Å². The number of rotatable bonds is 4. The van der Waals surface area contributed by atoms with Crippen LogP contribution in [0.25, 0.3) is 22.6 Å². The van der Waals surface area contributed by atoms with Crippen LogP contribution in [0.1, 0.15) is 11.1 Å². The van der Waals surface area contributed by atoms with Crippen LogP contribution >= 0.6 is 24.2 Å². The average molecular weight is 375 g/mol. The lowest BCUT2D eigenvalue weighted by Gasteiger charge is -2.06. The van der Waals surface area contributed by atoms with Gasteiger partial charge in [-0.05, 0) is 59.5 Å². The third-order valence-corrected chi connectivity index (χ3v) is 4.66. The number of furan rings is 1. The van der Waals surface area contributed by atoms with E-state index in [1.807, 2.05) is 24.3 Å². The van der Waals surface area contributed by atoms with Crippen molar-refractivity contribution >= 4 is 35.2 Å². The third-order valence-electron chi connectivity index (χ3n) is 3.95. The number of hydrogen-bond donors (Lipinski definition) is 2. The molecule has 1 N–H and O–H groups in total. The van der Waals surface area contributed by atoms with Gasteiger partial charge < -0.3 is 4.42 Å². The summed E-state index contributed by atoms with van der Waals surface area (Å²) in [5.41, 5.74) is 2.51. The summed E-state index contributed by atoms with van der Waals surface area (Å²) in [5, 5.41) is 15.2. The lowest BCUT2D eigenvalue weighted by Crippen LogP contribution is -1.93. The van der Waals surface area contributed by atoms with Crippen LogP contribution in [-0.2, 0) is 12.8 Å². The van der Waals surface area contributed by atoms with Gasteiger partial charge in [0.1, 0.15) is 11.4 Å². The third kappa shape index (κ3) is 3.25. The zero-order valence-electron chi connectivity index (χ0n) is 12.8. The molecule has 4 aromatic rings. The number of thiol groups is 1. The summed E-state index contributed by atoms with van der Waals surface area (Å²) in [6.45, 7) is 0. The molecule has 0 aliphatic rings. The molecule has 5 nitrogen and oxygen atoms in total. The first-order valence-electron chi connectivity index (χ1n) is 7.53. The molecule has 0 spiro atoms. The molecule has 0 saturated carbocycles. The fraction of sp³-hybridized carbons (Fsp3) is 0.118. The number of hydrogen-bond acceptors (Lipinski definition) is 5. The van der Waals surface area contributed by atoms with E-state index in [1.54, 1.807) is 6.07 Å². The molecule has 0 aliphatic heterocycles. The SMILES string of the molecule is Fc1cc(CCc2cc3oc(-c4nn[nH]n4)cc3cc2Cl)ccc1S. The molecule has 0 amide bonds. The predicted molar refractivity (Wildman–Crippen MR) is 95.5 cm³/mol. The number of aryl methyl sites for hydroxylation is 2. The lowest BCUT2D eigenvalue weighted by molar-refractivity contribution is 0.600. The van der Waals surface area contributed by atoms with Gasteiger partial charge in [-0.15, -0.1) is 22.8 Å². The molecule has 0 unspecified atom stereocenters. The highest BCUT2D eigenvalue weighted by atomic mass is 35.5. The largest absolute Gasteiger partial charge is 0.453 e. The zero-order chi connectivity index (χ0) is 17.4. The first-order valence-corrected chi connectivity index (χ1v) is 8.36. The maximum absolute atomic E-state index is 13.6. The Morgan fingerprint density at radius 3 is 2.80 bits per heavy atom.